The summed E-state index contributed by atoms with van der Waals surface area (Å²) in [5, 5.41) is 12.4. The molecule has 1 aromatic heterocycles. The van der Waals surface area contributed by atoms with Crippen LogP contribution in [0.25, 0.3) is 5.69 Å². The van der Waals surface area contributed by atoms with Crippen LogP contribution >= 0.6 is 11.8 Å². The summed E-state index contributed by atoms with van der Waals surface area (Å²) in [6.07, 6.45) is 3.03. The summed E-state index contributed by atoms with van der Waals surface area (Å²) in [5.41, 5.74) is 4.29. The van der Waals surface area contributed by atoms with Crippen LogP contribution in [0.15, 0.2) is 52.5 Å². The van der Waals surface area contributed by atoms with Gasteiger partial charge in [-0.15, -0.1) is 5.10 Å². The number of para-hydroxylation sites is 1. The third-order valence-electron chi connectivity index (χ3n) is 6.41. The Morgan fingerprint density at radius 1 is 1.03 bits per heavy atom. The van der Waals surface area contributed by atoms with Gasteiger partial charge in [0.15, 0.2) is 0 Å². The summed E-state index contributed by atoms with van der Waals surface area (Å²) in [6.45, 7) is 3.29. The van der Waals surface area contributed by atoms with E-state index >= 15 is 0 Å². The number of rotatable bonds is 6. The molecule has 2 aromatic carbocycles. The Labute approximate surface area is 203 Å². The Hall–Kier alpha value is -2.76. The maximum Gasteiger partial charge on any atom is 0.243 e. The molecular formula is C23H26N6O3S2. The highest BCUT2D eigenvalue weighted by atomic mass is 32.2. The molecule has 0 bridgehead atoms. The molecule has 1 aliphatic carbocycles. The van der Waals surface area contributed by atoms with Crippen molar-refractivity contribution in [2.24, 2.45) is 0 Å². The van der Waals surface area contributed by atoms with Crippen molar-refractivity contribution in [1.82, 2.24) is 29.4 Å². The van der Waals surface area contributed by atoms with Crippen molar-refractivity contribution < 1.29 is 13.2 Å². The van der Waals surface area contributed by atoms with E-state index in [0.29, 0.717) is 23.1 Å². The van der Waals surface area contributed by atoms with Crippen LogP contribution in [0.3, 0.4) is 0 Å². The highest BCUT2D eigenvalue weighted by Crippen LogP contribution is 2.27. The molecule has 0 unspecified atom stereocenters. The molecule has 3 aromatic rings. The standard InChI is InChI=1S/C23H26N6O3S2/c1-17-5-2-3-8-21(17)29-23(24-25-26-29)33-16-22(30)27-11-13-28(14-12-27)34(31,32)20-10-9-18-6-4-7-19(18)15-20/h2-3,5,8-10,15H,4,6-7,11-14,16H2,1H3. The van der Waals surface area contributed by atoms with Gasteiger partial charge in [0.25, 0.3) is 0 Å². The van der Waals surface area contributed by atoms with Crippen LogP contribution in [0.4, 0.5) is 0 Å². The maximum atomic E-state index is 13.1. The Morgan fingerprint density at radius 3 is 2.59 bits per heavy atom. The van der Waals surface area contributed by atoms with Gasteiger partial charge in [-0.1, -0.05) is 36.0 Å². The average molecular weight is 499 g/mol. The number of nitrogens with zero attached hydrogens (tertiary/aromatic N) is 6. The van der Waals surface area contributed by atoms with Crippen LogP contribution in [0.2, 0.25) is 0 Å². The van der Waals surface area contributed by atoms with Gasteiger partial charge in [-0.3, -0.25) is 4.79 Å². The lowest BCUT2D eigenvalue weighted by Gasteiger charge is -2.34. The van der Waals surface area contributed by atoms with Gasteiger partial charge in [0.05, 0.1) is 16.3 Å². The van der Waals surface area contributed by atoms with E-state index in [1.165, 1.54) is 21.6 Å². The zero-order valence-electron chi connectivity index (χ0n) is 18.9. The molecule has 1 fully saturated rings. The molecular weight excluding hydrogens is 472 g/mol. The number of aromatic nitrogens is 4. The number of hydrogen-bond acceptors (Lipinski definition) is 7. The minimum absolute atomic E-state index is 0.0566. The zero-order chi connectivity index (χ0) is 23.7. The fraction of sp³-hybridized carbons (Fsp3) is 0.391. The molecule has 0 saturated carbocycles. The summed E-state index contributed by atoms with van der Waals surface area (Å²) in [6, 6.07) is 13.3. The molecule has 0 radical (unpaired) electrons. The van der Waals surface area contributed by atoms with E-state index in [0.717, 1.165) is 36.1 Å². The average Bonchev–Trinajstić information content (AvgIpc) is 3.52. The highest BCUT2D eigenvalue weighted by molar-refractivity contribution is 7.99. The van der Waals surface area contributed by atoms with Crippen LogP contribution in [0.5, 0.6) is 0 Å². The number of hydrogen-bond donors (Lipinski definition) is 0. The van der Waals surface area contributed by atoms with Gasteiger partial charge in [-0.25, -0.2) is 8.42 Å². The molecule has 0 N–H and O–H groups in total. The van der Waals surface area contributed by atoms with E-state index in [2.05, 4.69) is 15.5 Å². The number of sulfonamides is 1. The topological polar surface area (TPSA) is 101 Å². The van der Waals surface area contributed by atoms with Crippen molar-refractivity contribution in [3.05, 3.63) is 59.2 Å². The molecule has 2 aliphatic rings. The largest absolute Gasteiger partial charge is 0.339 e. The first-order valence-electron chi connectivity index (χ1n) is 11.3. The summed E-state index contributed by atoms with van der Waals surface area (Å²) in [4.78, 5) is 14.9. The molecule has 5 rings (SSSR count). The number of fused-ring (bicyclic) bond motifs is 1. The molecule has 1 saturated heterocycles. The van der Waals surface area contributed by atoms with Crippen LogP contribution in [0, 0.1) is 6.92 Å². The fourth-order valence-corrected chi connectivity index (χ4v) is 6.73. The SMILES string of the molecule is Cc1ccccc1-n1nnnc1SCC(=O)N1CCN(S(=O)(=O)c2ccc3c(c2)CCC3)CC1. The first kappa shape index (κ1) is 23.0. The van der Waals surface area contributed by atoms with E-state index in [1.54, 1.807) is 15.6 Å². The second-order valence-electron chi connectivity index (χ2n) is 8.52. The number of benzene rings is 2. The quantitative estimate of drug-likeness (QED) is 0.480. The van der Waals surface area contributed by atoms with Crippen molar-refractivity contribution >= 4 is 27.7 Å². The van der Waals surface area contributed by atoms with E-state index in [4.69, 9.17) is 0 Å². The third kappa shape index (κ3) is 4.47. The van der Waals surface area contributed by atoms with Crippen LogP contribution in [-0.4, -0.2) is 75.7 Å². The van der Waals surface area contributed by atoms with E-state index in [9.17, 15) is 13.2 Å². The van der Waals surface area contributed by atoms with Crippen LogP contribution < -0.4 is 0 Å². The summed E-state index contributed by atoms with van der Waals surface area (Å²) in [5.74, 6) is 0.128. The van der Waals surface area contributed by atoms with Gasteiger partial charge in [0.2, 0.25) is 21.1 Å². The van der Waals surface area contributed by atoms with Crippen molar-refractivity contribution in [2.45, 2.75) is 36.2 Å². The fourth-order valence-electron chi connectivity index (χ4n) is 4.47. The van der Waals surface area contributed by atoms with Crippen LogP contribution in [-0.2, 0) is 27.7 Å². The Kier molecular flexibility index (Phi) is 6.41. The molecule has 11 heteroatoms. The Balaban J connectivity index is 1.19. The number of aryl methyl sites for hydroxylation is 3. The predicted molar refractivity (Wildman–Crippen MR) is 128 cm³/mol. The molecule has 0 spiro atoms. The van der Waals surface area contributed by atoms with Crippen molar-refractivity contribution in [1.29, 1.82) is 0 Å². The lowest BCUT2D eigenvalue weighted by molar-refractivity contribution is -0.129. The van der Waals surface area contributed by atoms with Crippen LogP contribution in [0.1, 0.15) is 23.1 Å². The summed E-state index contributed by atoms with van der Waals surface area (Å²) in [7, 11) is -3.56. The van der Waals surface area contributed by atoms with E-state index < -0.39 is 10.0 Å². The highest BCUT2D eigenvalue weighted by Gasteiger charge is 2.31. The van der Waals surface area contributed by atoms with Gasteiger partial charge < -0.3 is 4.90 Å². The number of piperazine rings is 1. The molecule has 178 valence electrons. The molecule has 2 heterocycles. The van der Waals surface area contributed by atoms with Gasteiger partial charge >= 0.3 is 0 Å². The minimum Gasteiger partial charge on any atom is -0.339 e. The predicted octanol–water partition coefficient (Wildman–Crippen LogP) is 2.08. The second-order valence-corrected chi connectivity index (χ2v) is 11.4. The lowest BCUT2D eigenvalue weighted by atomic mass is 10.1. The molecule has 1 amide bonds. The van der Waals surface area contributed by atoms with Gasteiger partial charge in [0, 0.05) is 26.2 Å². The normalized spacial score (nSPS) is 16.6. The van der Waals surface area contributed by atoms with Crippen molar-refractivity contribution in [3.63, 3.8) is 0 Å². The summed E-state index contributed by atoms with van der Waals surface area (Å²) >= 11 is 1.28. The maximum absolute atomic E-state index is 13.1. The molecule has 9 nitrogen and oxygen atoms in total. The molecule has 0 atom stereocenters. The van der Waals surface area contributed by atoms with Gasteiger partial charge in [0.1, 0.15) is 0 Å². The lowest BCUT2D eigenvalue weighted by Crippen LogP contribution is -2.51. The third-order valence-corrected chi connectivity index (χ3v) is 9.21. The monoisotopic (exact) mass is 498 g/mol. The Morgan fingerprint density at radius 2 is 1.79 bits per heavy atom. The van der Waals surface area contributed by atoms with Crippen molar-refractivity contribution in [2.75, 3.05) is 31.9 Å². The second kappa shape index (κ2) is 9.47. The Bertz CT molecular complexity index is 1320. The first-order chi connectivity index (χ1) is 16.4. The zero-order valence-corrected chi connectivity index (χ0v) is 20.6. The number of thioether (sulfide) groups is 1. The molecule has 34 heavy (non-hydrogen) atoms. The molecule has 1 aliphatic heterocycles. The van der Waals surface area contributed by atoms with Gasteiger partial charge in [-0.2, -0.15) is 8.99 Å². The number of tetrazole rings is 1. The van der Waals surface area contributed by atoms with Crippen molar-refractivity contribution in [3.8, 4) is 5.69 Å². The van der Waals surface area contributed by atoms with E-state index in [1.807, 2.05) is 43.3 Å². The summed E-state index contributed by atoms with van der Waals surface area (Å²) < 4.78 is 29.4. The first-order valence-corrected chi connectivity index (χ1v) is 13.7. The van der Waals surface area contributed by atoms with Gasteiger partial charge in [-0.05, 0) is 71.5 Å². The smallest absolute Gasteiger partial charge is 0.243 e. The van der Waals surface area contributed by atoms with E-state index in [-0.39, 0.29) is 24.7 Å². The minimum atomic E-state index is -3.56. The number of amides is 1. The number of carbonyl (C=O) groups excluding carboxylic acids is 1. The number of carbonyl (C=O) groups is 1.